The van der Waals surface area contributed by atoms with Gasteiger partial charge in [0.25, 0.3) is 0 Å². The number of hydrogen-bond acceptors (Lipinski definition) is 1. The van der Waals surface area contributed by atoms with Crippen molar-refractivity contribution in [3.8, 4) is 0 Å². The first-order valence-electron chi connectivity index (χ1n) is 4.72. The van der Waals surface area contributed by atoms with Crippen molar-refractivity contribution in [2.24, 2.45) is 5.73 Å². The quantitative estimate of drug-likeness (QED) is 0.845. The zero-order valence-electron chi connectivity index (χ0n) is 7.59. The first kappa shape index (κ1) is 9.22. The van der Waals surface area contributed by atoms with Gasteiger partial charge in [0, 0.05) is 10.0 Å². The second-order valence-corrected chi connectivity index (χ2v) is 4.84. The fourth-order valence-corrected chi connectivity index (χ4v) is 2.25. The van der Waals surface area contributed by atoms with E-state index in [-0.39, 0.29) is 5.54 Å². The highest BCUT2D eigenvalue weighted by Crippen LogP contribution is 2.33. The largest absolute Gasteiger partial charge is 0.325 e. The minimum absolute atomic E-state index is 0.0872. The molecule has 0 heterocycles. The summed E-state index contributed by atoms with van der Waals surface area (Å²) in [6.07, 6.45) is 4.65. The van der Waals surface area contributed by atoms with E-state index < -0.39 is 0 Å². The summed E-state index contributed by atoms with van der Waals surface area (Å²) >= 11 is 3.55. The number of halogens is 1. The standard InChI is InChI=1S/C11H14BrN/c12-10-5-2-1-4-9(10)8-11(13)6-3-7-11/h1-2,4-5H,3,6-8,13H2. The number of hydrogen-bond donors (Lipinski definition) is 1. The van der Waals surface area contributed by atoms with Crippen molar-refractivity contribution in [2.45, 2.75) is 31.2 Å². The molecule has 1 aliphatic carbocycles. The van der Waals surface area contributed by atoms with Crippen LogP contribution < -0.4 is 5.73 Å². The van der Waals surface area contributed by atoms with E-state index in [2.05, 4.69) is 34.1 Å². The van der Waals surface area contributed by atoms with Gasteiger partial charge < -0.3 is 5.73 Å². The Morgan fingerprint density at radius 2 is 2.00 bits per heavy atom. The molecule has 13 heavy (non-hydrogen) atoms. The SMILES string of the molecule is NC1(Cc2ccccc2Br)CCC1. The van der Waals surface area contributed by atoms with Crippen LogP contribution in [0.15, 0.2) is 28.7 Å². The second-order valence-electron chi connectivity index (χ2n) is 3.98. The lowest BCUT2D eigenvalue weighted by Crippen LogP contribution is -2.48. The van der Waals surface area contributed by atoms with Crippen LogP contribution in [0.5, 0.6) is 0 Å². The summed E-state index contributed by atoms with van der Waals surface area (Å²) in [5, 5.41) is 0. The third-order valence-corrected chi connectivity index (χ3v) is 3.62. The van der Waals surface area contributed by atoms with Gasteiger partial charge in [-0.15, -0.1) is 0 Å². The van der Waals surface area contributed by atoms with E-state index in [1.165, 1.54) is 29.3 Å². The Hall–Kier alpha value is -0.340. The molecule has 0 radical (unpaired) electrons. The molecule has 0 aliphatic heterocycles. The van der Waals surface area contributed by atoms with Gasteiger partial charge in [0.2, 0.25) is 0 Å². The Morgan fingerprint density at radius 3 is 2.54 bits per heavy atom. The maximum Gasteiger partial charge on any atom is 0.0207 e. The fourth-order valence-electron chi connectivity index (χ4n) is 1.83. The van der Waals surface area contributed by atoms with Crippen molar-refractivity contribution in [1.29, 1.82) is 0 Å². The fraction of sp³-hybridized carbons (Fsp3) is 0.455. The first-order valence-corrected chi connectivity index (χ1v) is 5.51. The van der Waals surface area contributed by atoms with Crippen molar-refractivity contribution in [3.05, 3.63) is 34.3 Å². The lowest BCUT2D eigenvalue weighted by atomic mass is 9.74. The van der Waals surface area contributed by atoms with Gasteiger partial charge in [-0.2, -0.15) is 0 Å². The predicted octanol–water partition coefficient (Wildman–Crippen LogP) is 2.87. The molecule has 1 aromatic rings. The van der Waals surface area contributed by atoms with E-state index in [1.807, 2.05) is 6.07 Å². The third kappa shape index (κ3) is 1.94. The zero-order valence-corrected chi connectivity index (χ0v) is 9.18. The van der Waals surface area contributed by atoms with Crippen LogP contribution >= 0.6 is 15.9 Å². The van der Waals surface area contributed by atoms with E-state index >= 15 is 0 Å². The molecular formula is C11H14BrN. The van der Waals surface area contributed by atoms with Gasteiger partial charge in [0.05, 0.1) is 0 Å². The van der Waals surface area contributed by atoms with E-state index in [1.54, 1.807) is 0 Å². The summed E-state index contributed by atoms with van der Waals surface area (Å²) in [4.78, 5) is 0. The average Bonchev–Trinajstić information content (AvgIpc) is 2.06. The Kier molecular flexibility index (Phi) is 2.43. The molecule has 0 saturated heterocycles. The van der Waals surface area contributed by atoms with Crippen LogP contribution in [0.1, 0.15) is 24.8 Å². The topological polar surface area (TPSA) is 26.0 Å². The van der Waals surface area contributed by atoms with Crippen LogP contribution in [-0.2, 0) is 6.42 Å². The molecule has 0 spiro atoms. The van der Waals surface area contributed by atoms with Crippen molar-refractivity contribution in [1.82, 2.24) is 0 Å². The average molecular weight is 240 g/mol. The highest BCUT2D eigenvalue weighted by atomic mass is 79.9. The van der Waals surface area contributed by atoms with Crippen LogP contribution in [0, 0.1) is 0 Å². The van der Waals surface area contributed by atoms with Crippen molar-refractivity contribution in [3.63, 3.8) is 0 Å². The molecular weight excluding hydrogens is 226 g/mol. The molecule has 70 valence electrons. The highest BCUT2D eigenvalue weighted by Gasteiger charge is 2.32. The molecule has 0 unspecified atom stereocenters. The minimum Gasteiger partial charge on any atom is -0.325 e. The smallest absolute Gasteiger partial charge is 0.0207 e. The minimum atomic E-state index is 0.0872. The first-order chi connectivity index (χ1) is 6.20. The number of nitrogens with two attached hydrogens (primary N) is 1. The Bertz CT molecular complexity index is 305. The molecule has 0 amide bonds. The molecule has 2 rings (SSSR count). The van der Waals surface area contributed by atoms with E-state index in [9.17, 15) is 0 Å². The Labute approximate surface area is 87.5 Å². The summed E-state index contributed by atoms with van der Waals surface area (Å²) in [6.45, 7) is 0. The number of rotatable bonds is 2. The predicted molar refractivity (Wildman–Crippen MR) is 58.6 cm³/mol. The lowest BCUT2D eigenvalue weighted by molar-refractivity contribution is 0.247. The number of benzene rings is 1. The summed E-state index contributed by atoms with van der Waals surface area (Å²) in [5.41, 5.74) is 7.61. The van der Waals surface area contributed by atoms with Crippen molar-refractivity contribution < 1.29 is 0 Å². The highest BCUT2D eigenvalue weighted by molar-refractivity contribution is 9.10. The summed E-state index contributed by atoms with van der Waals surface area (Å²) in [6, 6.07) is 8.34. The summed E-state index contributed by atoms with van der Waals surface area (Å²) in [5.74, 6) is 0. The van der Waals surface area contributed by atoms with Crippen LogP contribution in [0.25, 0.3) is 0 Å². The molecule has 0 bridgehead atoms. The second kappa shape index (κ2) is 3.43. The zero-order chi connectivity index (χ0) is 9.31. The Balaban J connectivity index is 2.13. The van der Waals surface area contributed by atoms with Gasteiger partial charge in [-0.25, -0.2) is 0 Å². The molecule has 2 heteroatoms. The van der Waals surface area contributed by atoms with Gasteiger partial charge in [-0.3, -0.25) is 0 Å². The monoisotopic (exact) mass is 239 g/mol. The molecule has 0 atom stereocenters. The van der Waals surface area contributed by atoms with Gasteiger partial charge in [0.15, 0.2) is 0 Å². The van der Waals surface area contributed by atoms with Gasteiger partial charge in [-0.1, -0.05) is 34.1 Å². The Morgan fingerprint density at radius 1 is 1.31 bits per heavy atom. The third-order valence-electron chi connectivity index (χ3n) is 2.85. The molecule has 1 fully saturated rings. The van der Waals surface area contributed by atoms with E-state index in [0.717, 1.165) is 6.42 Å². The molecule has 1 saturated carbocycles. The van der Waals surface area contributed by atoms with Gasteiger partial charge in [0.1, 0.15) is 0 Å². The van der Waals surface area contributed by atoms with Crippen molar-refractivity contribution in [2.75, 3.05) is 0 Å². The van der Waals surface area contributed by atoms with Crippen molar-refractivity contribution >= 4 is 15.9 Å². The van der Waals surface area contributed by atoms with E-state index in [4.69, 9.17) is 5.73 Å². The summed E-state index contributed by atoms with van der Waals surface area (Å²) < 4.78 is 1.19. The van der Waals surface area contributed by atoms with Gasteiger partial charge >= 0.3 is 0 Å². The molecule has 1 aromatic carbocycles. The molecule has 0 aromatic heterocycles. The van der Waals surface area contributed by atoms with Crippen LogP contribution in [0.4, 0.5) is 0 Å². The van der Waals surface area contributed by atoms with Crippen LogP contribution in [-0.4, -0.2) is 5.54 Å². The van der Waals surface area contributed by atoms with E-state index in [0.29, 0.717) is 0 Å². The maximum atomic E-state index is 6.18. The lowest BCUT2D eigenvalue weighted by Gasteiger charge is -2.38. The summed E-state index contributed by atoms with van der Waals surface area (Å²) in [7, 11) is 0. The normalized spacial score (nSPS) is 19.5. The molecule has 1 aliphatic rings. The van der Waals surface area contributed by atoms with Crippen LogP contribution in [0.3, 0.4) is 0 Å². The van der Waals surface area contributed by atoms with Gasteiger partial charge in [-0.05, 0) is 37.3 Å². The maximum absolute atomic E-state index is 6.18. The van der Waals surface area contributed by atoms with Crippen LogP contribution in [0.2, 0.25) is 0 Å². The molecule has 2 N–H and O–H groups in total. The molecule has 1 nitrogen and oxygen atoms in total.